The van der Waals surface area contributed by atoms with Gasteiger partial charge in [0.25, 0.3) is 5.91 Å². The second-order valence-corrected chi connectivity index (χ2v) is 6.10. The van der Waals surface area contributed by atoms with Crippen molar-refractivity contribution in [2.45, 2.75) is 20.3 Å². The topological polar surface area (TPSA) is 51.3 Å². The first-order chi connectivity index (χ1) is 10.6. The summed E-state index contributed by atoms with van der Waals surface area (Å²) in [6.07, 6.45) is 1.01. The molecule has 4 heteroatoms. The Kier molecular flexibility index (Phi) is 4.03. The maximum atomic E-state index is 12.8. The largest absolute Gasteiger partial charge is 0.338 e. The van der Waals surface area contributed by atoms with E-state index in [4.69, 9.17) is 5.73 Å². The number of aryl methyl sites for hydroxylation is 1. The van der Waals surface area contributed by atoms with Crippen molar-refractivity contribution in [2.24, 2.45) is 11.7 Å². The second-order valence-electron chi connectivity index (χ2n) is 6.10. The summed E-state index contributed by atoms with van der Waals surface area (Å²) in [4.78, 5) is 14.7. The number of hydrogen-bond donors (Lipinski definition) is 1. The Hall–Kier alpha value is -2.07. The zero-order valence-corrected chi connectivity index (χ0v) is 13.2. The van der Waals surface area contributed by atoms with Crippen LogP contribution in [0.25, 0.3) is 5.69 Å². The van der Waals surface area contributed by atoms with Crippen molar-refractivity contribution >= 4 is 5.91 Å². The van der Waals surface area contributed by atoms with Crippen LogP contribution in [-0.4, -0.2) is 35.0 Å². The van der Waals surface area contributed by atoms with Crippen LogP contribution in [0.5, 0.6) is 0 Å². The van der Waals surface area contributed by atoms with E-state index < -0.39 is 0 Å². The quantitative estimate of drug-likeness (QED) is 0.946. The van der Waals surface area contributed by atoms with Gasteiger partial charge in [-0.15, -0.1) is 0 Å². The van der Waals surface area contributed by atoms with Gasteiger partial charge in [-0.2, -0.15) is 0 Å². The van der Waals surface area contributed by atoms with E-state index in [1.807, 2.05) is 43.0 Å². The number of carbonyl (C=O) groups excluding carboxylic acids is 1. The van der Waals surface area contributed by atoms with Crippen molar-refractivity contribution in [1.82, 2.24) is 9.47 Å². The fourth-order valence-corrected chi connectivity index (χ4v) is 3.33. The average molecular weight is 297 g/mol. The Morgan fingerprint density at radius 3 is 2.64 bits per heavy atom. The molecule has 1 atom stereocenters. The van der Waals surface area contributed by atoms with Crippen LogP contribution in [0.1, 0.15) is 28.2 Å². The van der Waals surface area contributed by atoms with Crippen molar-refractivity contribution in [3.63, 3.8) is 0 Å². The van der Waals surface area contributed by atoms with E-state index in [1.54, 1.807) is 0 Å². The van der Waals surface area contributed by atoms with Crippen molar-refractivity contribution < 1.29 is 4.79 Å². The predicted octanol–water partition coefficient (Wildman–Crippen LogP) is 2.51. The van der Waals surface area contributed by atoms with Crippen molar-refractivity contribution in [3.05, 3.63) is 53.3 Å². The second kappa shape index (κ2) is 5.97. The van der Waals surface area contributed by atoms with Gasteiger partial charge in [0, 0.05) is 30.2 Å². The molecule has 1 aliphatic rings. The van der Waals surface area contributed by atoms with Crippen LogP contribution in [-0.2, 0) is 0 Å². The third-order valence-electron chi connectivity index (χ3n) is 4.58. The molecule has 1 fully saturated rings. The van der Waals surface area contributed by atoms with Gasteiger partial charge in [-0.25, -0.2) is 0 Å². The standard InChI is InChI=1S/C18H23N3O/c1-13-10-17(18(22)20-9-8-15(11-19)12-20)14(2)21(13)16-6-4-3-5-7-16/h3-7,10,15H,8-9,11-12,19H2,1-2H3. The van der Waals surface area contributed by atoms with Gasteiger partial charge in [-0.3, -0.25) is 4.79 Å². The average Bonchev–Trinajstić information content (AvgIpc) is 3.12. The Labute approximate surface area is 131 Å². The first-order valence-electron chi connectivity index (χ1n) is 7.85. The lowest BCUT2D eigenvalue weighted by Crippen LogP contribution is -2.30. The number of hydrogen-bond acceptors (Lipinski definition) is 2. The minimum absolute atomic E-state index is 0.131. The molecule has 116 valence electrons. The van der Waals surface area contributed by atoms with Crippen molar-refractivity contribution in [3.8, 4) is 5.69 Å². The number of nitrogens with zero attached hydrogens (tertiary/aromatic N) is 2. The van der Waals surface area contributed by atoms with E-state index in [9.17, 15) is 4.79 Å². The maximum absolute atomic E-state index is 12.8. The molecule has 0 radical (unpaired) electrons. The number of amides is 1. The minimum Gasteiger partial charge on any atom is -0.338 e. The third-order valence-corrected chi connectivity index (χ3v) is 4.58. The molecule has 2 N–H and O–H groups in total. The molecular weight excluding hydrogens is 274 g/mol. The Balaban J connectivity index is 1.91. The monoisotopic (exact) mass is 297 g/mol. The highest BCUT2D eigenvalue weighted by molar-refractivity contribution is 5.96. The molecule has 1 amide bonds. The molecular formula is C18H23N3O. The highest BCUT2D eigenvalue weighted by Gasteiger charge is 2.28. The first-order valence-corrected chi connectivity index (χ1v) is 7.85. The Bertz CT molecular complexity index is 675. The minimum atomic E-state index is 0.131. The number of benzene rings is 1. The molecule has 0 saturated carbocycles. The lowest BCUT2D eigenvalue weighted by Gasteiger charge is -2.16. The molecule has 0 spiro atoms. The fourth-order valence-electron chi connectivity index (χ4n) is 3.33. The lowest BCUT2D eigenvalue weighted by molar-refractivity contribution is 0.0787. The van der Waals surface area contributed by atoms with Crippen LogP contribution >= 0.6 is 0 Å². The predicted molar refractivity (Wildman–Crippen MR) is 88.3 cm³/mol. The number of aromatic nitrogens is 1. The normalized spacial score (nSPS) is 18.0. The van der Waals surface area contributed by atoms with E-state index in [0.717, 1.165) is 42.1 Å². The molecule has 2 aromatic rings. The van der Waals surface area contributed by atoms with Gasteiger partial charge in [0.05, 0.1) is 5.56 Å². The van der Waals surface area contributed by atoms with Gasteiger partial charge in [-0.05, 0) is 50.9 Å². The Morgan fingerprint density at radius 2 is 2.00 bits per heavy atom. The van der Waals surface area contributed by atoms with E-state index in [0.29, 0.717) is 12.5 Å². The zero-order valence-electron chi connectivity index (χ0n) is 13.2. The molecule has 1 aliphatic heterocycles. The van der Waals surface area contributed by atoms with Gasteiger partial charge >= 0.3 is 0 Å². The summed E-state index contributed by atoms with van der Waals surface area (Å²) in [5.41, 5.74) is 9.72. The van der Waals surface area contributed by atoms with Gasteiger partial charge in [0.15, 0.2) is 0 Å². The molecule has 0 bridgehead atoms. The molecule has 0 aliphatic carbocycles. The van der Waals surface area contributed by atoms with E-state index >= 15 is 0 Å². The summed E-state index contributed by atoms with van der Waals surface area (Å²) in [5.74, 6) is 0.577. The lowest BCUT2D eigenvalue weighted by atomic mass is 10.1. The SMILES string of the molecule is Cc1cc(C(=O)N2CCC(CN)C2)c(C)n1-c1ccccc1. The molecule has 1 unspecified atom stereocenters. The van der Waals surface area contributed by atoms with Crippen LogP contribution in [0, 0.1) is 19.8 Å². The highest BCUT2D eigenvalue weighted by Crippen LogP contribution is 2.24. The van der Waals surface area contributed by atoms with Gasteiger partial charge in [0.1, 0.15) is 0 Å². The summed E-state index contributed by atoms with van der Waals surface area (Å²) in [7, 11) is 0. The third kappa shape index (κ3) is 2.55. The van der Waals surface area contributed by atoms with Crippen LogP contribution < -0.4 is 5.73 Å². The number of para-hydroxylation sites is 1. The maximum Gasteiger partial charge on any atom is 0.255 e. The van der Waals surface area contributed by atoms with Crippen molar-refractivity contribution in [1.29, 1.82) is 0 Å². The molecule has 22 heavy (non-hydrogen) atoms. The van der Waals surface area contributed by atoms with Crippen LogP contribution in [0.4, 0.5) is 0 Å². The summed E-state index contributed by atoms with van der Waals surface area (Å²) in [6.45, 7) is 6.32. The number of nitrogens with two attached hydrogens (primary N) is 1. The fraction of sp³-hybridized carbons (Fsp3) is 0.389. The Morgan fingerprint density at radius 1 is 1.27 bits per heavy atom. The van der Waals surface area contributed by atoms with Gasteiger partial charge in [0.2, 0.25) is 0 Å². The molecule has 2 heterocycles. The molecule has 1 aromatic carbocycles. The van der Waals surface area contributed by atoms with E-state index in [-0.39, 0.29) is 5.91 Å². The summed E-state index contributed by atoms with van der Waals surface area (Å²) in [5, 5.41) is 0. The molecule has 4 nitrogen and oxygen atoms in total. The smallest absolute Gasteiger partial charge is 0.255 e. The van der Waals surface area contributed by atoms with E-state index in [2.05, 4.69) is 16.7 Å². The molecule has 3 rings (SSSR count). The number of likely N-dealkylation sites (tertiary alicyclic amines) is 1. The van der Waals surface area contributed by atoms with Crippen LogP contribution in [0.3, 0.4) is 0 Å². The van der Waals surface area contributed by atoms with Crippen molar-refractivity contribution in [2.75, 3.05) is 19.6 Å². The summed E-state index contributed by atoms with van der Waals surface area (Å²) in [6, 6.07) is 12.2. The van der Waals surface area contributed by atoms with Crippen LogP contribution in [0.2, 0.25) is 0 Å². The van der Waals surface area contributed by atoms with Gasteiger partial charge < -0.3 is 15.2 Å². The summed E-state index contributed by atoms with van der Waals surface area (Å²) < 4.78 is 2.14. The first kappa shape index (κ1) is 14.9. The zero-order chi connectivity index (χ0) is 15.7. The van der Waals surface area contributed by atoms with Crippen LogP contribution in [0.15, 0.2) is 36.4 Å². The van der Waals surface area contributed by atoms with E-state index in [1.165, 1.54) is 0 Å². The summed E-state index contributed by atoms with van der Waals surface area (Å²) >= 11 is 0. The number of carbonyl (C=O) groups is 1. The molecule has 1 aromatic heterocycles. The van der Waals surface area contributed by atoms with Gasteiger partial charge in [-0.1, -0.05) is 18.2 Å². The number of rotatable bonds is 3. The highest BCUT2D eigenvalue weighted by atomic mass is 16.2. The molecule has 1 saturated heterocycles.